The molecular weight excluding hydrogens is 388 g/mol. The van der Waals surface area contributed by atoms with Crippen LogP contribution in [0, 0.1) is 0 Å². The third-order valence-electron chi connectivity index (χ3n) is 5.56. The number of fused-ring (bicyclic) bond motifs is 1. The summed E-state index contributed by atoms with van der Waals surface area (Å²) in [7, 11) is 0. The molecule has 3 aromatic rings. The van der Waals surface area contributed by atoms with Crippen LogP contribution in [0.3, 0.4) is 0 Å². The van der Waals surface area contributed by atoms with E-state index < -0.39 is 5.63 Å². The third kappa shape index (κ3) is 5.05. The van der Waals surface area contributed by atoms with Gasteiger partial charge in [-0.3, -0.25) is 4.79 Å². The molecule has 0 aliphatic heterocycles. The topological polar surface area (TPSA) is 53.8 Å². The number of rotatable bonds is 9. The van der Waals surface area contributed by atoms with Crippen LogP contribution >= 0.6 is 0 Å². The monoisotopic (exact) mass is 418 g/mol. The molecule has 0 radical (unpaired) electrons. The Bertz CT molecular complexity index is 1120. The lowest BCUT2D eigenvalue weighted by Crippen LogP contribution is -2.21. The Morgan fingerprint density at radius 3 is 2.03 bits per heavy atom. The molecule has 0 amide bonds. The molecule has 2 aromatic carbocycles. The molecule has 0 saturated carbocycles. The SMILES string of the molecule is CCN(CC)c1ccc(/C=C/C(=O)c2cc3ccc(N(CC)CC)cc3oc2=O)cc1. The van der Waals surface area contributed by atoms with Crippen molar-refractivity contribution in [2.45, 2.75) is 27.7 Å². The molecule has 0 spiro atoms. The normalized spacial score (nSPS) is 11.2. The summed E-state index contributed by atoms with van der Waals surface area (Å²) in [6, 6.07) is 15.3. The summed E-state index contributed by atoms with van der Waals surface area (Å²) in [4.78, 5) is 29.5. The van der Waals surface area contributed by atoms with Crippen LogP contribution in [-0.4, -0.2) is 32.0 Å². The van der Waals surface area contributed by atoms with Crippen LogP contribution in [0.25, 0.3) is 17.0 Å². The molecule has 31 heavy (non-hydrogen) atoms. The predicted molar refractivity (Wildman–Crippen MR) is 129 cm³/mol. The van der Waals surface area contributed by atoms with Gasteiger partial charge in [0.05, 0.1) is 0 Å². The molecular formula is C26H30N2O3. The smallest absolute Gasteiger partial charge is 0.347 e. The van der Waals surface area contributed by atoms with Crippen LogP contribution < -0.4 is 15.4 Å². The van der Waals surface area contributed by atoms with Gasteiger partial charge in [-0.15, -0.1) is 0 Å². The summed E-state index contributed by atoms with van der Waals surface area (Å²) in [5.41, 5.74) is 2.95. The summed E-state index contributed by atoms with van der Waals surface area (Å²) in [5.74, 6) is -0.365. The van der Waals surface area contributed by atoms with Gasteiger partial charge in [0.1, 0.15) is 11.1 Å². The maximum absolute atomic E-state index is 12.7. The zero-order chi connectivity index (χ0) is 22.4. The van der Waals surface area contributed by atoms with E-state index in [2.05, 4.69) is 37.5 Å². The van der Waals surface area contributed by atoms with E-state index in [0.717, 1.165) is 48.5 Å². The Morgan fingerprint density at radius 1 is 0.839 bits per heavy atom. The van der Waals surface area contributed by atoms with Crippen LogP contribution in [0.4, 0.5) is 11.4 Å². The Morgan fingerprint density at radius 2 is 1.42 bits per heavy atom. The van der Waals surface area contributed by atoms with Gasteiger partial charge in [-0.05, 0) is 69.7 Å². The third-order valence-corrected chi connectivity index (χ3v) is 5.56. The van der Waals surface area contributed by atoms with Crippen LogP contribution in [0.5, 0.6) is 0 Å². The van der Waals surface area contributed by atoms with Crippen molar-refractivity contribution in [3.05, 3.63) is 76.2 Å². The fourth-order valence-electron chi connectivity index (χ4n) is 3.70. The van der Waals surface area contributed by atoms with Crippen molar-refractivity contribution in [2.75, 3.05) is 36.0 Å². The second kappa shape index (κ2) is 10.1. The average molecular weight is 419 g/mol. The van der Waals surface area contributed by atoms with E-state index in [1.165, 1.54) is 6.08 Å². The van der Waals surface area contributed by atoms with Crippen molar-refractivity contribution < 1.29 is 9.21 Å². The van der Waals surface area contributed by atoms with E-state index in [-0.39, 0.29) is 11.3 Å². The number of anilines is 2. The number of carbonyl (C=O) groups is 1. The Balaban J connectivity index is 1.82. The second-order valence-corrected chi connectivity index (χ2v) is 7.30. The van der Waals surface area contributed by atoms with Gasteiger partial charge in [0.25, 0.3) is 0 Å². The van der Waals surface area contributed by atoms with E-state index in [1.54, 1.807) is 12.1 Å². The first-order valence-electron chi connectivity index (χ1n) is 10.9. The van der Waals surface area contributed by atoms with Crippen molar-refractivity contribution in [1.29, 1.82) is 0 Å². The van der Waals surface area contributed by atoms with Gasteiger partial charge in [-0.2, -0.15) is 0 Å². The predicted octanol–water partition coefficient (Wildman–Crippen LogP) is 5.38. The van der Waals surface area contributed by atoms with E-state index in [1.807, 2.05) is 42.5 Å². The van der Waals surface area contributed by atoms with Crippen molar-refractivity contribution in [2.24, 2.45) is 0 Å². The molecule has 0 fully saturated rings. The lowest BCUT2D eigenvalue weighted by Gasteiger charge is -2.21. The van der Waals surface area contributed by atoms with Crippen molar-refractivity contribution >= 4 is 34.2 Å². The molecule has 1 aromatic heterocycles. The summed E-state index contributed by atoms with van der Waals surface area (Å²) in [5, 5.41) is 0.732. The minimum Gasteiger partial charge on any atom is -0.422 e. The number of hydrogen-bond donors (Lipinski definition) is 0. The minimum atomic E-state index is -0.615. The Kier molecular flexibility index (Phi) is 7.29. The van der Waals surface area contributed by atoms with Crippen molar-refractivity contribution in [3.8, 4) is 0 Å². The molecule has 5 nitrogen and oxygen atoms in total. The Labute approximate surface area is 183 Å². The molecule has 1 heterocycles. The van der Waals surface area contributed by atoms with Crippen LogP contribution in [0.15, 0.2) is 63.8 Å². The largest absolute Gasteiger partial charge is 0.422 e. The lowest BCUT2D eigenvalue weighted by atomic mass is 10.1. The van der Waals surface area contributed by atoms with E-state index in [4.69, 9.17) is 4.42 Å². The fraction of sp³-hybridized carbons (Fsp3) is 0.308. The molecule has 0 aliphatic carbocycles. The number of allylic oxidation sites excluding steroid dienone is 1. The summed E-state index contributed by atoms with van der Waals surface area (Å²) < 4.78 is 5.47. The number of nitrogens with zero attached hydrogens (tertiary/aromatic N) is 2. The highest BCUT2D eigenvalue weighted by atomic mass is 16.4. The van der Waals surface area contributed by atoms with E-state index >= 15 is 0 Å². The molecule has 0 unspecified atom stereocenters. The first-order chi connectivity index (χ1) is 15.0. The molecule has 0 atom stereocenters. The van der Waals surface area contributed by atoms with Gasteiger partial charge in [0, 0.05) is 49.0 Å². The van der Waals surface area contributed by atoms with Crippen LogP contribution in [0.2, 0.25) is 0 Å². The van der Waals surface area contributed by atoms with Gasteiger partial charge < -0.3 is 14.2 Å². The van der Waals surface area contributed by atoms with Crippen LogP contribution in [-0.2, 0) is 0 Å². The Hall–Kier alpha value is -3.34. The maximum Gasteiger partial charge on any atom is 0.347 e. The summed E-state index contributed by atoms with van der Waals surface area (Å²) >= 11 is 0. The van der Waals surface area contributed by atoms with Gasteiger partial charge >= 0.3 is 5.63 Å². The molecule has 0 saturated heterocycles. The zero-order valence-electron chi connectivity index (χ0n) is 18.7. The van der Waals surface area contributed by atoms with E-state index in [9.17, 15) is 9.59 Å². The van der Waals surface area contributed by atoms with Crippen molar-refractivity contribution in [1.82, 2.24) is 0 Å². The average Bonchev–Trinajstić information content (AvgIpc) is 2.79. The highest BCUT2D eigenvalue weighted by Gasteiger charge is 2.13. The number of carbonyl (C=O) groups excluding carboxylic acids is 1. The van der Waals surface area contributed by atoms with Crippen molar-refractivity contribution in [3.63, 3.8) is 0 Å². The highest BCUT2D eigenvalue weighted by molar-refractivity contribution is 6.07. The van der Waals surface area contributed by atoms with Gasteiger partial charge in [0.2, 0.25) is 0 Å². The van der Waals surface area contributed by atoms with Gasteiger partial charge in [0.15, 0.2) is 5.78 Å². The number of ketones is 1. The molecule has 0 aliphatic rings. The second-order valence-electron chi connectivity index (χ2n) is 7.30. The van der Waals surface area contributed by atoms with E-state index in [0.29, 0.717) is 5.58 Å². The van der Waals surface area contributed by atoms with Gasteiger partial charge in [-0.25, -0.2) is 4.79 Å². The molecule has 0 N–H and O–H groups in total. The molecule has 162 valence electrons. The number of hydrogen-bond acceptors (Lipinski definition) is 5. The standard InChI is InChI=1S/C26H30N2O3/c1-5-27(6-2)21-13-9-19(10-14-21)11-16-24(29)23-17-20-12-15-22(28(7-3)8-4)18-25(20)31-26(23)30/h9-18H,5-8H2,1-4H3/b16-11+. The summed E-state index contributed by atoms with van der Waals surface area (Å²) in [6.45, 7) is 12.0. The fourth-order valence-corrected chi connectivity index (χ4v) is 3.70. The van der Waals surface area contributed by atoms with Gasteiger partial charge in [-0.1, -0.05) is 18.2 Å². The quantitative estimate of drug-likeness (QED) is 0.265. The molecule has 3 rings (SSSR count). The van der Waals surface area contributed by atoms with Crippen LogP contribution in [0.1, 0.15) is 43.6 Å². The highest BCUT2D eigenvalue weighted by Crippen LogP contribution is 2.22. The molecule has 5 heteroatoms. The first-order valence-corrected chi connectivity index (χ1v) is 10.9. The number of benzene rings is 2. The molecule has 0 bridgehead atoms. The lowest BCUT2D eigenvalue weighted by molar-refractivity contribution is 0.104. The summed E-state index contributed by atoms with van der Waals surface area (Å²) in [6.07, 6.45) is 3.15. The zero-order valence-corrected chi connectivity index (χ0v) is 18.7. The maximum atomic E-state index is 12.7. The minimum absolute atomic E-state index is 0.0408. The first kappa shape index (κ1) is 22.3.